The van der Waals surface area contributed by atoms with Gasteiger partial charge in [0.25, 0.3) is 0 Å². The molecule has 3 aromatic rings. The minimum atomic E-state index is -2.61. The Morgan fingerprint density at radius 2 is 1.39 bits per heavy atom. The molecule has 0 spiro atoms. The SMILES string of the molecule is CC1=C(c2ccccc2)C2=Cc3cc(C)c(C(C)(C)C)cc3C2=[C]([Zr+2]([C]2=CC=CC2)=[C](C)C)C1(c1ccccc1)C(C)(C)C.[Cl-].[Cl-]. The Balaban J connectivity index is 0.00000240. The summed E-state index contributed by atoms with van der Waals surface area (Å²) in [5.41, 5.74) is 14.1. The molecule has 238 valence electrons. The molecule has 3 aliphatic carbocycles. The summed E-state index contributed by atoms with van der Waals surface area (Å²) in [6.07, 6.45) is 10.8. The molecule has 0 nitrogen and oxygen atoms in total. The quantitative estimate of drug-likeness (QED) is 0.331. The van der Waals surface area contributed by atoms with Crippen LogP contribution in [0.15, 0.2) is 109 Å². The Bertz CT molecular complexity index is 1850. The summed E-state index contributed by atoms with van der Waals surface area (Å²) in [7, 11) is 0. The summed E-state index contributed by atoms with van der Waals surface area (Å²) in [6.45, 7) is 24.3. The molecule has 0 aliphatic heterocycles. The van der Waals surface area contributed by atoms with Crippen LogP contribution >= 0.6 is 0 Å². The Labute approximate surface area is 298 Å². The van der Waals surface area contributed by atoms with Crippen molar-refractivity contribution in [2.75, 3.05) is 0 Å². The second-order valence-corrected chi connectivity index (χ2v) is 22.4. The molecule has 0 radical (unpaired) electrons. The van der Waals surface area contributed by atoms with Crippen molar-refractivity contribution >= 4 is 20.4 Å². The van der Waals surface area contributed by atoms with Gasteiger partial charge in [-0.1, -0.05) is 0 Å². The molecule has 0 amide bonds. The van der Waals surface area contributed by atoms with Crippen molar-refractivity contribution in [1.29, 1.82) is 0 Å². The molecule has 0 fully saturated rings. The van der Waals surface area contributed by atoms with Gasteiger partial charge in [-0.25, -0.2) is 0 Å². The predicted octanol–water partition coefficient (Wildman–Crippen LogP) is 5.55. The van der Waals surface area contributed by atoms with Crippen LogP contribution in [0.5, 0.6) is 0 Å². The summed E-state index contributed by atoms with van der Waals surface area (Å²) >= 11 is -2.61. The van der Waals surface area contributed by atoms with Crippen LogP contribution < -0.4 is 24.8 Å². The summed E-state index contributed by atoms with van der Waals surface area (Å²) in [4.78, 5) is 0. The predicted molar refractivity (Wildman–Crippen MR) is 190 cm³/mol. The van der Waals surface area contributed by atoms with Crippen molar-refractivity contribution < 1.29 is 46.1 Å². The van der Waals surface area contributed by atoms with Gasteiger partial charge in [-0.3, -0.25) is 0 Å². The first kappa shape index (κ1) is 36.5. The van der Waals surface area contributed by atoms with Gasteiger partial charge < -0.3 is 24.8 Å². The molecule has 0 N–H and O–H groups in total. The number of hydrogen-bond acceptors (Lipinski definition) is 0. The van der Waals surface area contributed by atoms with Gasteiger partial charge in [0.05, 0.1) is 0 Å². The number of fused-ring (bicyclic) bond motifs is 3. The van der Waals surface area contributed by atoms with Crippen molar-refractivity contribution in [2.24, 2.45) is 5.41 Å². The zero-order valence-corrected chi connectivity index (χ0v) is 33.2. The van der Waals surface area contributed by atoms with Crippen molar-refractivity contribution in [1.82, 2.24) is 0 Å². The summed E-state index contributed by atoms with van der Waals surface area (Å²) < 4.78 is 5.10. The fourth-order valence-electron chi connectivity index (χ4n) is 8.55. The van der Waals surface area contributed by atoms with Gasteiger partial charge in [0.1, 0.15) is 0 Å². The van der Waals surface area contributed by atoms with E-state index in [2.05, 4.69) is 166 Å². The van der Waals surface area contributed by atoms with Crippen LogP contribution in [0.2, 0.25) is 0 Å². The van der Waals surface area contributed by atoms with Crippen LogP contribution in [0, 0.1) is 12.3 Å². The Kier molecular flexibility index (Phi) is 10.6. The topological polar surface area (TPSA) is 0 Å². The molecule has 3 heteroatoms. The molecule has 0 bridgehead atoms. The van der Waals surface area contributed by atoms with E-state index in [4.69, 9.17) is 0 Å². The molecular formula is C43H48Cl2Zr. The smallest absolute Gasteiger partial charge is 1.00 e. The van der Waals surface area contributed by atoms with E-state index in [0.717, 1.165) is 6.42 Å². The zero-order chi connectivity index (χ0) is 31.6. The number of aryl methyl sites for hydroxylation is 1. The third-order valence-corrected chi connectivity index (χ3v) is 17.8. The molecule has 0 aromatic heterocycles. The first-order chi connectivity index (χ1) is 20.8. The molecule has 46 heavy (non-hydrogen) atoms. The fraction of sp³-hybridized carbons (Fsp3) is 0.326. The first-order valence-electron chi connectivity index (χ1n) is 16.3. The first-order valence-corrected chi connectivity index (χ1v) is 20.0. The van der Waals surface area contributed by atoms with Crippen LogP contribution in [-0.2, 0) is 32.1 Å². The van der Waals surface area contributed by atoms with Gasteiger partial charge in [0, 0.05) is 0 Å². The second-order valence-electron chi connectivity index (χ2n) is 15.2. The average Bonchev–Trinajstić information content (AvgIpc) is 3.60. The fourth-order valence-corrected chi connectivity index (χ4v) is 17.5. The molecule has 1 unspecified atom stereocenters. The van der Waals surface area contributed by atoms with E-state index in [9.17, 15) is 0 Å². The van der Waals surface area contributed by atoms with Crippen LogP contribution in [0.1, 0.15) is 102 Å². The molecular weight excluding hydrogens is 679 g/mol. The van der Waals surface area contributed by atoms with Crippen LogP contribution in [0.3, 0.4) is 0 Å². The van der Waals surface area contributed by atoms with Gasteiger partial charge >= 0.3 is 276 Å². The maximum absolute atomic E-state index is 2.61. The van der Waals surface area contributed by atoms with E-state index in [1.54, 1.807) is 9.77 Å². The van der Waals surface area contributed by atoms with Crippen LogP contribution in [0.25, 0.3) is 17.2 Å². The standard InChI is InChI=1S/C35H37.C5H5.C3H6.2ClH.Zr/c1-23-19-26-20-29-30(28(26)21-31(23)33(3,4)5)22-35(34(6,7)8,27-17-13-10-14-18-27)24(2)32(29)25-15-11-9-12-16-25;1-2-4-5-3-1;1-3-2;;;/h9-21H,1-8H3;1-3H,4H2;1-2H3;2*1H;/q;;;;;+2/p-2. The van der Waals surface area contributed by atoms with Gasteiger partial charge in [-0.2, -0.15) is 0 Å². The third-order valence-electron chi connectivity index (χ3n) is 10.1. The number of rotatable bonds is 4. The third kappa shape index (κ3) is 5.74. The zero-order valence-electron chi connectivity index (χ0n) is 29.2. The summed E-state index contributed by atoms with van der Waals surface area (Å²) in [5, 5.41) is 0. The largest absolute Gasteiger partial charge is 1.00 e. The minimum absolute atomic E-state index is 0. The normalized spacial score (nSPS) is 18.5. The second kappa shape index (κ2) is 13.3. The average molecular weight is 727 g/mol. The molecule has 3 aromatic carbocycles. The Morgan fingerprint density at radius 3 is 1.91 bits per heavy atom. The number of benzene rings is 3. The van der Waals surface area contributed by atoms with Gasteiger partial charge in [-0.05, 0) is 0 Å². The van der Waals surface area contributed by atoms with E-state index >= 15 is 0 Å². The van der Waals surface area contributed by atoms with Crippen molar-refractivity contribution in [2.45, 2.75) is 86.5 Å². The van der Waals surface area contributed by atoms with E-state index in [1.165, 1.54) is 55.7 Å². The van der Waals surface area contributed by atoms with Crippen molar-refractivity contribution in [3.8, 4) is 0 Å². The minimum Gasteiger partial charge on any atom is -1.00 e. The molecule has 1 atom stereocenters. The molecule has 0 heterocycles. The molecule has 0 saturated carbocycles. The van der Waals surface area contributed by atoms with E-state index < -0.39 is 21.3 Å². The van der Waals surface area contributed by atoms with Crippen LogP contribution in [-0.4, -0.2) is 3.21 Å². The van der Waals surface area contributed by atoms with Crippen molar-refractivity contribution in [3.63, 3.8) is 0 Å². The monoisotopic (exact) mass is 724 g/mol. The maximum atomic E-state index is 2.58. The molecule has 3 aliphatic rings. The number of hydrogen-bond donors (Lipinski definition) is 0. The van der Waals surface area contributed by atoms with Gasteiger partial charge in [-0.15, -0.1) is 0 Å². The van der Waals surface area contributed by atoms with Crippen molar-refractivity contribution in [3.05, 3.63) is 142 Å². The Morgan fingerprint density at radius 1 is 0.783 bits per heavy atom. The maximum Gasteiger partial charge on any atom is -1.00 e. The van der Waals surface area contributed by atoms with Gasteiger partial charge in [0.2, 0.25) is 0 Å². The van der Waals surface area contributed by atoms with E-state index in [1.807, 2.05) is 0 Å². The number of allylic oxidation sites excluding steroid dienone is 9. The molecule has 6 rings (SSSR count). The summed E-state index contributed by atoms with van der Waals surface area (Å²) in [6, 6.07) is 27.8. The summed E-state index contributed by atoms with van der Waals surface area (Å²) in [5.74, 6) is 0. The van der Waals surface area contributed by atoms with Crippen LogP contribution in [0.4, 0.5) is 0 Å². The van der Waals surface area contributed by atoms with E-state index in [-0.39, 0.29) is 41.1 Å². The number of halogens is 2. The van der Waals surface area contributed by atoms with Gasteiger partial charge in [0.15, 0.2) is 0 Å². The van der Waals surface area contributed by atoms with E-state index in [0.29, 0.717) is 0 Å². The Hall–Kier alpha value is -2.31. The molecule has 0 saturated heterocycles.